The van der Waals surface area contributed by atoms with Crippen molar-refractivity contribution in [3.8, 4) is 11.5 Å². The van der Waals surface area contributed by atoms with Crippen LogP contribution in [0, 0.1) is 0 Å². The van der Waals surface area contributed by atoms with E-state index in [1.54, 1.807) is 48.5 Å². The van der Waals surface area contributed by atoms with Crippen LogP contribution >= 0.6 is 0 Å². The minimum atomic E-state index is -0.916. The molecule has 3 amide bonds. The van der Waals surface area contributed by atoms with Crippen LogP contribution in [0.3, 0.4) is 0 Å². The molecule has 0 atom stereocenters. The first-order chi connectivity index (χ1) is 16.5. The molecule has 3 aromatic rings. The van der Waals surface area contributed by atoms with Crippen molar-refractivity contribution in [2.75, 3.05) is 19.0 Å². The number of hydrogen-bond donors (Lipinski definition) is 3. The first kappa shape index (κ1) is 24.0. The van der Waals surface area contributed by atoms with Crippen molar-refractivity contribution in [1.82, 2.24) is 10.7 Å². The van der Waals surface area contributed by atoms with E-state index in [0.717, 1.165) is 5.56 Å². The molecule has 3 N–H and O–H groups in total. The second-order valence-electron chi connectivity index (χ2n) is 7.01. The molecule has 0 aliphatic rings. The summed E-state index contributed by atoms with van der Waals surface area (Å²) in [4.78, 5) is 35.8. The Labute approximate surface area is 196 Å². The maximum atomic E-state index is 12.0. The van der Waals surface area contributed by atoms with Gasteiger partial charge in [0.15, 0.2) is 6.61 Å². The van der Waals surface area contributed by atoms with Gasteiger partial charge >= 0.3 is 11.8 Å². The molecule has 0 aromatic heterocycles. The highest BCUT2D eigenvalue weighted by Gasteiger charge is 2.13. The first-order valence-electron chi connectivity index (χ1n) is 10.4. The van der Waals surface area contributed by atoms with Crippen LogP contribution in [-0.4, -0.2) is 37.7 Å². The molecule has 0 aliphatic carbocycles. The van der Waals surface area contributed by atoms with Crippen molar-refractivity contribution >= 4 is 29.6 Å². The molecule has 9 heteroatoms. The van der Waals surface area contributed by atoms with E-state index < -0.39 is 11.8 Å². The number of nitrogens with zero attached hydrogens (tertiary/aromatic N) is 1. The van der Waals surface area contributed by atoms with E-state index in [0.29, 0.717) is 29.3 Å². The van der Waals surface area contributed by atoms with Gasteiger partial charge in [0, 0.05) is 18.3 Å². The Kier molecular flexibility index (Phi) is 8.75. The number of hydrazone groups is 1. The SMILES string of the molecule is COc1cccc(NC(=O)C(=O)N/N=C\c2ccc(OCC(=O)NCc3ccccc3)cc2)c1. The van der Waals surface area contributed by atoms with Gasteiger partial charge in [0.05, 0.1) is 13.3 Å². The summed E-state index contributed by atoms with van der Waals surface area (Å²) in [5, 5.41) is 9.02. The number of benzene rings is 3. The zero-order chi connectivity index (χ0) is 24.2. The van der Waals surface area contributed by atoms with Gasteiger partial charge < -0.3 is 20.1 Å². The van der Waals surface area contributed by atoms with Crippen molar-refractivity contribution in [2.45, 2.75) is 6.54 Å². The molecule has 0 heterocycles. The summed E-state index contributed by atoms with van der Waals surface area (Å²) in [5.74, 6) is -0.949. The summed E-state index contributed by atoms with van der Waals surface area (Å²) in [6.07, 6.45) is 1.38. The lowest BCUT2D eigenvalue weighted by Gasteiger charge is -2.08. The second kappa shape index (κ2) is 12.4. The van der Waals surface area contributed by atoms with Crippen LogP contribution in [0.25, 0.3) is 0 Å². The van der Waals surface area contributed by atoms with Gasteiger partial charge in [-0.15, -0.1) is 0 Å². The number of anilines is 1. The summed E-state index contributed by atoms with van der Waals surface area (Å²) in [6, 6.07) is 22.9. The molecule has 34 heavy (non-hydrogen) atoms. The monoisotopic (exact) mass is 460 g/mol. The lowest BCUT2D eigenvalue weighted by molar-refractivity contribution is -0.136. The lowest BCUT2D eigenvalue weighted by Crippen LogP contribution is -2.32. The van der Waals surface area contributed by atoms with E-state index in [2.05, 4.69) is 21.2 Å². The third-order valence-electron chi connectivity index (χ3n) is 4.50. The van der Waals surface area contributed by atoms with Crippen molar-refractivity contribution in [3.63, 3.8) is 0 Å². The number of carbonyl (C=O) groups excluding carboxylic acids is 3. The summed E-state index contributed by atoms with van der Waals surface area (Å²) in [6.45, 7) is 0.320. The Bertz CT molecular complexity index is 1150. The standard InChI is InChI=1S/C25H24N4O5/c1-33-22-9-5-8-20(14-22)28-24(31)25(32)29-27-16-19-10-12-21(13-11-19)34-17-23(30)26-15-18-6-3-2-4-7-18/h2-14,16H,15,17H2,1H3,(H,26,30)(H,28,31)(H,29,32)/b27-16-. The number of carbonyl (C=O) groups is 3. The van der Waals surface area contributed by atoms with Crippen molar-refractivity contribution in [3.05, 3.63) is 90.0 Å². The van der Waals surface area contributed by atoms with E-state index in [4.69, 9.17) is 9.47 Å². The Morgan fingerprint density at radius 2 is 1.65 bits per heavy atom. The third kappa shape index (κ3) is 7.79. The predicted molar refractivity (Wildman–Crippen MR) is 128 cm³/mol. The average Bonchev–Trinajstić information content (AvgIpc) is 2.87. The quantitative estimate of drug-likeness (QED) is 0.258. The third-order valence-corrected chi connectivity index (χ3v) is 4.50. The van der Waals surface area contributed by atoms with E-state index in [9.17, 15) is 14.4 Å². The highest BCUT2D eigenvalue weighted by atomic mass is 16.5. The molecule has 0 spiro atoms. The van der Waals surface area contributed by atoms with Crippen molar-refractivity contribution in [2.24, 2.45) is 5.10 Å². The summed E-state index contributed by atoms with van der Waals surface area (Å²) in [5.41, 5.74) is 4.25. The molecule has 0 unspecified atom stereocenters. The van der Waals surface area contributed by atoms with E-state index in [1.165, 1.54) is 13.3 Å². The average molecular weight is 460 g/mol. The molecule has 9 nitrogen and oxygen atoms in total. The van der Waals surface area contributed by atoms with Gasteiger partial charge in [0.1, 0.15) is 11.5 Å². The Balaban J connectivity index is 1.40. The largest absolute Gasteiger partial charge is 0.497 e. The Morgan fingerprint density at radius 3 is 2.38 bits per heavy atom. The maximum absolute atomic E-state index is 12.0. The maximum Gasteiger partial charge on any atom is 0.329 e. The minimum Gasteiger partial charge on any atom is -0.497 e. The van der Waals surface area contributed by atoms with Crippen LogP contribution in [0.2, 0.25) is 0 Å². The van der Waals surface area contributed by atoms with Crippen molar-refractivity contribution in [1.29, 1.82) is 0 Å². The van der Waals surface area contributed by atoms with Crippen LogP contribution in [0.15, 0.2) is 84.0 Å². The highest BCUT2D eigenvalue weighted by Crippen LogP contribution is 2.16. The summed E-state index contributed by atoms with van der Waals surface area (Å²) < 4.78 is 10.5. The van der Waals surface area contributed by atoms with Gasteiger partial charge in [-0.1, -0.05) is 36.4 Å². The van der Waals surface area contributed by atoms with E-state index in [1.807, 2.05) is 30.3 Å². The molecule has 0 bridgehead atoms. The molecule has 0 saturated carbocycles. The highest BCUT2D eigenvalue weighted by molar-refractivity contribution is 6.39. The minimum absolute atomic E-state index is 0.112. The molecule has 0 saturated heterocycles. The van der Waals surface area contributed by atoms with Gasteiger partial charge in [-0.25, -0.2) is 5.43 Å². The molecular weight excluding hydrogens is 436 g/mol. The van der Waals surface area contributed by atoms with Gasteiger partial charge in [0.2, 0.25) is 0 Å². The Morgan fingerprint density at radius 1 is 0.882 bits per heavy atom. The van der Waals surface area contributed by atoms with Gasteiger partial charge in [-0.3, -0.25) is 14.4 Å². The van der Waals surface area contributed by atoms with Crippen LogP contribution in [0.4, 0.5) is 5.69 Å². The van der Waals surface area contributed by atoms with Gasteiger partial charge in [0.25, 0.3) is 5.91 Å². The van der Waals surface area contributed by atoms with Gasteiger partial charge in [-0.2, -0.15) is 5.10 Å². The zero-order valence-corrected chi connectivity index (χ0v) is 18.5. The fourth-order valence-electron chi connectivity index (χ4n) is 2.75. The fraction of sp³-hybridized carbons (Fsp3) is 0.120. The Hall–Kier alpha value is -4.66. The van der Waals surface area contributed by atoms with Crippen molar-refractivity contribution < 1.29 is 23.9 Å². The van der Waals surface area contributed by atoms with E-state index >= 15 is 0 Å². The lowest BCUT2D eigenvalue weighted by atomic mass is 10.2. The number of hydrogen-bond acceptors (Lipinski definition) is 6. The topological polar surface area (TPSA) is 118 Å². The molecule has 174 valence electrons. The molecule has 0 radical (unpaired) electrons. The molecule has 0 aliphatic heterocycles. The number of ether oxygens (including phenoxy) is 2. The number of amides is 3. The number of methoxy groups -OCH3 is 1. The molecule has 0 fully saturated rings. The van der Waals surface area contributed by atoms with Crippen LogP contribution in [-0.2, 0) is 20.9 Å². The normalized spacial score (nSPS) is 10.4. The fourth-order valence-corrected chi connectivity index (χ4v) is 2.75. The number of nitrogens with one attached hydrogen (secondary N) is 3. The zero-order valence-electron chi connectivity index (χ0n) is 18.5. The van der Waals surface area contributed by atoms with E-state index in [-0.39, 0.29) is 12.5 Å². The molecular formula is C25H24N4O5. The van der Waals surface area contributed by atoms with Crippen LogP contribution < -0.4 is 25.5 Å². The summed E-state index contributed by atoms with van der Waals surface area (Å²) >= 11 is 0. The molecule has 3 rings (SSSR count). The van der Waals surface area contributed by atoms with Crippen LogP contribution in [0.1, 0.15) is 11.1 Å². The number of rotatable bonds is 9. The van der Waals surface area contributed by atoms with Gasteiger partial charge in [-0.05, 0) is 47.5 Å². The molecule has 3 aromatic carbocycles. The summed E-state index contributed by atoms with van der Waals surface area (Å²) in [7, 11) is 1.50. The second-order valence-corrected chi connectivity index (χ2v) is 7.01. The smallest absolute Gasteiger partial charge is 0.329 e. The van der Waals surface area contributed by atoms with Crippen LogP contribution in [0.5, 0.6) is 11.5 Å². The first-order valence-corrected chi connectivity index (χ1v) is 10.4. The predicted octanol–water partition coefficient (Wildman–Crippen LogP) is 2.48.